The zero-order chi connectivity index (χ0) is 9.26. The molecule has 1 aromatic heterocycles. The van der Waals surface area contributed by atoms with Crippen molar-refractivity contribution in [3.05, 3.63) is 34.1 Å². The summed E-state index contributed by atoms with van der Waals surface area (Å²) in [7, 11) is 0. The van der Waals surface area contributed by atoms with Crippen LogP contribution in [0.1, 0.15) is 0 Å². The number of nitrogens with zero attached hydrogens (tertiary/aromatic N) is 2. The molecule has 0 aliphatic rings. The molecule has 0 amide bonds. The summed E-state index contributed by atoms with van der Waals surface area (Å²) in [5.41, 5.74) is 0.835. The van der Waals surface area contributed by atoms with Gasteiger partial charge in [0.05, 0.1) is 5.02 Å². The van der Waals surface area contributed by atoms with Gasteiger partial charge in [-0.25, -0.2) is 0 Å². The summed E-state index contributed by atoms with van der Waals surface area (Å²) in [6.45, 7) is 0. The Hall–Kier alpha value is -0.870. The van der Waals surface area contributed by atoms with E-state index in [0.717, 1.165) is 10.0 Å². The number of rotatable bonds is 1. The van der Waals surface area contributed by atoms with Gasteiger partial charge in [0.25, 0.3) is 0 Å². The highest BCUT2D eigenvalue weighted by molar-refractivity contribution is 9.10. The Balaban J connectivity index is 2.49. The molecule has 0 aliphatic carbocycles. The molecule has 0 spiro atoms. The lowest BCUT2D eigenvalue weighted by Crippen LogP contribution is -1.80. The number of hydrogen-bond acceptors (Lipinski definition) is 3. The van der Waals surface area contributed by atoms with E-state index in [0.29, 0.717) is 10.8 Å². The molecular weight excluding hydrogens is 255 g/mol. The summed E-state index contributed by atoms with van der Waals surface area (Å²) < 4.78 is 5.47. The Labute approximate surface area is 87.8 Å². The van der Waals surface area contributed by atoms with Crippen molar-refractivity contribution < 1.29 is 4.52 Å². The predicted molar refractivity (Wildman–Crippen MR) is 52.4 cm³/mol. The molecule has 0 radical (unpaired) electrons. The van der Waals surface area contributed by atoms with Crippen LogP contribution in [-0.2, 0) is 0 Å². The molecule has 13 heavy (non-hydrogen) atoms. The topological polar surface area (TPSA) is 38.9 Å². The van der Waals surface area contributed by atoms with E-state index >= 15 is 0 Å². The van der Waals surface area contributed by atoms with Crippen LogP contribution in [0.3, 0.4) is 0 Å². The maximum Gasteiger partial charge on any atom is 0.214 e. The van der Waals surface area contributed by atoms with Gasteiger partial charge in [-0.15, -0.1) is 0 Å². The van der Waals surface area contributed by atoms with Crippen molar-refractivity contribution in [3.8, 4) is 11.4 Å². The van der Waals surface area contributed by atoms with Gasteiger partial charge in [-0.05, 0) is 34.1 Å². The minimum Gasteiger partial charge on any atom is -0.342 e. The van der Waals surface area contributed by atoms with E-state index in [1.165, 1.54) is 6.39 Å². The van der Waals surface area contributed by atoms with Gasteiger partial charge >= 0.3 is 0 Å². The van der Waals surface area contributed by atoms with E-state index in [-0.39, 0.29) is 0 Å². The number of aromatic nitrogens is 2. The lowest BCUT2D eigenvalue weighted by molar-refractivity contribution is 0.419. The highest BCUT2D eigenvalue weighted by Crippen LogP contribution is 2.26. The molecule has 0 unspecified atom stereocenters. The van der Waals surface area contributed by atoms with E-state index in [9.17, 15) is 0 Å². The minimum atomic E-state index is 0.536. The van der Waals surface area contributed by atoms with Crippen molar-refractivity contribution in [2.24, 2.45) is 0 Å². The van der Waals surface area contributed by atoms with Crippen molar-refractivity contribution in [3.63, 3.8) is 0 Å². The maximum atomic E-state index is 5.90. The second kappa shape index (κ2) is 3.47. The zero-order valence-corrected chi connectivity index (χ0v) is 8.71. The molecule has 5 heteroatoms. The third-order valence-corrected chi connectivity index (χ3v) is 2.77. The average molecular weight is 259 g/mol. The van der Waals surface area contributed by atoms with Crippen molar-refractivity contribution in [2.75, 3.05) is 0 Å². The summed E-state index contributed by atoms with van der Waals surface area (Å²) in [6.07, 6.45) is 1.28. The van der Waals surface area contributed by atoms with Crippen LogP contribution in [0.5, 0.6) is 0 Å². The molecule has 0 N–H and O–H groups in total. The molecule has 0 atom stereocenters. The van der Waals surface area contributed by atoms with Gasteiger partial charge in [0.1, 0.15) is 0 Å². The van der Waals surface area contributed by atoms with Crippen LogP contribution in [0.2, 0.25) is 5.02 Å². The molecule has 66 valence electrons. The molecule has 2 rings (SSSR count). The second-order valence-corrected chi connectivity index (χ2v) is 3.65. The predicted octanol–water partition coefficient (Wildman–Crippen LogP) is 3.15. The lowest BCUT2D eigenvalue weighted by atomic mass is 10.2. The summed E-state index contributed by atoms with van der Waals surface area (Å²) >= 11 is 9.19. The maximum absolute atomic E-state index is 5.90. The molecule has 1 heterocycles. The van der Waals surface area contributed by atoms with E-state index in [4.69, 9.17) is 11.6 Å². The van der Waals surface area contributed by atoms with E-state index < -0.39 is 0 Å². The molecule has 0 fully saturated rings. The van der Waals surface area contributed by atoms with Crippen molar-refractivity contribution >= 4 is 27.5 Å². The first-order valence-electron chi connectivity index (χ1n) is 3.49. The van der Waals surface area contributed by atoms with Gasteiger partial charge in [-0.1, -0.05) is 16.8 Å². The molecule has 0 bridgehead atoms. The van der Waals surface area contributed by atoms with E-state index in [1.54, 1.807) is 6.07 Å². The number of halogens is 2. The van der Waals surface area contributed by atoms with Crippen LogP contribution >= 0.6 is 27.5 Å². The fourth-order valence-electron chi connectivity index (χ4n) is 0.933. The third kappa shape index (κ3) is 1.73. The first-order chi connectivity index (χ1) is 6.27. The largest absolute Gasteiger partial charge is 0.342 e. The number of benzene rings is 1. The summed E-state index contributed by atoms with van der Waals surface area (Å²) in [6, 6.07) is 5.48. The molecule has 0 saturated heterocycles. The quantitative estimate of drug-likeness (QED) is 0.790. The smallest absolute Gasteiger partial charge is 0.214 e. The van der Waals surface area contributed by atoms with Crippen LogP contribution in [-0.4, -0.2) is 10.1 Å². The Morgan fingerprint density at radius 1 is 1.38 bits per heavy atom. The summed E-state index contributed by atoms with van der Waals surface area (Å²) in [5.74, 6) is 0.536. The number of hydrogen-bond donors (Lipinski definition) is 0. The van der Waals surface area contributed by atoms with Crippen molar-refractivity contribution in [2.45, 2.75) is 0 Å². The van der Waals surface area contributed by atoms with Crippen LogP contribution < -0.4 is 0 Å². The Kier molecular flexibility index (Phi) is 2.33. The van der Waals surface area contributed by atoms with Crippen LogP contribution in [0.15, 0.2) is 33.6 Å². The summed E-state index contributed by atoms with van der Waals surface area (Å²) in [4.78, 5) is 3.91. The Morgan fingerprint density at radius 3 is 2.85 bits per heavy atom. The normalized spacial score (nSPS) is 10.3. The Bertz CT molecular complexity index is 416. The average Bonchev–Trinajstić information content (AvgIpc) is 2.62. The zero-order valence-electron chi connectivity index (χ0n) is 6.37. The van der Waals surface area contributed by atoms with Gasteiger partial charge in [0.2, 0.25) is 12.2 Å². The molecular formula is C8H4BrClN2O. The molecule has 0 aliphatic heterocycles. The fraction of sp³-hybridized carbons (Fsp3) is 0. The highest BCUT2D eigenvalue weighted by atomic mass is 79.9. The second-order valence-electron chi connectivity index (χ2n) is 2.38. The monoisotopic (exact) mass is 258 g/mol. The van der Waals surface area contributed by atoms with Gasteiger partial charge in [0.15, 0.2) is 0 Å². The lowest BCUT2D eigenvalue weighted by Gasteiger charge is -1.97. The van der Waals surface area contributed by atoms with Gasteiger partial charge in [0, 0.05) is 10.0 Å². The molecule has 3 nitrogen and oxygen atoms in total. The van der Waals surface area contributed by atoms with Crippen LogP contribution in [0, 0.1) is 0 Å². The fourth-order valence-corrected chi connectivity index (χ4v) is 1.36. The van der Waals surface area contributed by atoms with Gasteiger partial charge in [-0.2, -0.15) is 4.98 Å². The minimum absolute atomic E-state index is 0.536. The SMILES string of the molecule is Clc1cc(-c2ncon2)ccc1Br. The van der Waals surface area contributed by atoms with Gasteiger partial charge < -0.3 is 4.52 Å². The van der Waals surface area contributed by atoms with E-state index in [2.05, 4.69) is 30.6 Å². The van der Waals surface area contributed by atoms with Crippen molar-refractivity contribution in [1.82, 2.24) is 10.1 Å². The standard InChI is InChI=1S/C8H4BrClN2O/c9-6-2-1-5(3-7(6)10)8-11-4-13-12-8/h1-4H. The molecule has 0 saturated carbocycles. The molecule has 2 aromatic rings. The first-order valence-corrected chi connectivity index (χ1v) is 4.66. The third-order valence-electron chi connectivity index (χ3n) is 1.54. The van der Waals surface area contributed by atoms with Crippen LogP contribution in [0.4, 0.5) is 0 Å². The van der Waals surface area contributed by atoms with Crippen molar-refractivity contribution in [1.29, 1.82) is 0 Å². The molecule has 1 aromatic carbocycles. The van der Waals surface area contributed by atoms with Crippen LogP contribution in [0.25, 0.3) is 11.4 Å². The van der Waals surface area contributed by atoms with Gasteiger partial charge in [-0.3, -0.25) is 0 Å². The summed E-state index contributed by atoms with van der Waals surface area (Å²) in [5, 5.41) is 4.32. The highest BCUT2D eigenvalue weighted by Gasteiger charge is 2.04. The van der Waals surface area contributed by atoms with E-state index in [1.807, 2.05) is 12.1 Å². The Morgan fingerprint density at radius 2 is 2.23 bits per heavy atom. The first kappa shape index (κ1) is 8.72.